The summed E-state index contributed by atoms with van der Waals surface area (Å²) in [6.07, 6.45) is 2.15. The van der Waals surface area contributed by atoms with Crippen molar-refractivity contribution < 1.29 is 4.79 Å². The van der Waals surface area contributed by atoms with Crippen LogP contribution in [0.5, 0.6) is 0 Å². The van der Waals surface area contributed by atoms with Gasteiger partial charge in [-0.3, -0.25) is 4.79 Å². The number of hydrogen-bond acceptors (Lipinski definition) is 2. The van der Waals surface area contributed by atoms with Crippen LogP contribution in [0, 0.1) is 0 Å². The average Bonchev–Trinajstić information content (AvgIpc) is 2.78. The molecule has 17 heavy (non-hydrogen) atoms. The van der Waals surface area contributed by atoms with Crippen LogP contribution in [-0.2, 0) is 0 Å². The second kappa shape index (κ2) is 4.78. The summed E-state index contributed by atoms with van der Waals surface area (Å²) in [7, 11) is 0. The molecular formula is C14H14N2O. The predicted molar refractivity (Wildman–Crippen MR) is 67.3 cm³/mol. The van der Waals surface area contributed by atoms with Crippen molar-refractivity contribution in [2.75, 3.05) is 0 Å². The lowest BCUT2D eigenvalue weighted by atomic mass is 10.1. The fourth-order valence-corrected chi connectivity index (χ4v) is 1.56. The molecule has 3 nitrogen and oxygen atoms in total. The van der Waals surface area contributed by atoms with Crippen molar-refractivity contribution in [3.8, 4) is 5.69 Å². The topological polar surface area (TPSA) is 34.9 Å². The van der Waals surface area contributed by atoms with Crippen molar-refractivity contribution in [3.63, 3.8) is 0 Å². The van der Waals surface area contributed by atoms with Gasteiger partial charge in [-0.1, -0.05) is 30.4 Å². The van der Waals surface area contributed by atoms with Crippen LogP contribution in [0.1, 0.15) is 23.8 Å². The van der Waals surface area contributed by atoms with Crippen LogP contribution in [0.25, 0.3) is 5.69 Å². The van der Waals surface area contributed by atoms with Crippen molar-refractivity contribution >= 4 is 5.78 Å². The highest BCUT2D eigenvalue weighted by atomic mass is 16.1. The highest BCUT2D eigenvalue weighted by molar-refractivity contribution is 5.95. The quantitative estimate of drug-likeness (QED) is 0.593. The number of Topliss-reactive ketones (excluding diaryl/α,β-unsaturated/α-hetero) is 1. The number of rotatable bonds is 4. The first-order valence-electron chi connectivity index (χ1n) is 5.45. The maximum atomic E-state index is 11.8. The van der Waals surface area contributed by atoms with Crippen molar-refractivity contribution in [3.05, 3.63) is 60.4 Å². The summed E-state index contributed by atoms with van der Waals surface area (Å²) >= 11 is 0. The number of benzene rings is 1. The molecule has 0 amide bonds. The van der Waals surface area contributed by atoms with Gasteiger partial charge in [0, 0.05) is 12.6 Å². The van der Waals surface area contributed by atoms with Gasteiger partial charge in [0.05, 0.1) is 5.69 Å². The molecule has 0 unspecified atom stereocenters. The smallest absolute Gasteiger partial charge is 0.187 e. The van der Waals surface area contributed by atoms with Gasteiger partial charge < -0.3 is 0 Å². The Labute approximate surface area is 100 Å². The van der Waals surface area contributed by atoms with Crippen molar-refractivity contribution in [2.45, 2.75) is 13.3 Å². The minimum atomic E-state index is 0.00665. The standard InChI is InChI=1S/C14H14N2O/c1-11(2)10-14(17)13-8-9-16(15-13)12-6-4-3-5-7-12/h3-9H,1,10H2,2H3. The van der Waals surface area contributed by atoms with E-state index >= 15 is 0 Å². The summed E-state index contributed by atoms with van der Waals surface area (Å²) in [5.74, 6) is 0.00665. The number of carbonyl (C=O) groups excluding carboxylic acids is 1. The molecule has 1 heterocycles. The third-order valence-electron chi connectivity index (χ3n) is 2.36. The molecule has 2 rings (SSSR count). The Balaban J connectivity index is 2.22. The fraction of sp³-hybridized carbons (Fsp3) is 0.143. The monoisotopic (exact) mass is 226 g/mol. The lowest BCUT2D eigenvalue weighted by Gasteiger charge is -1.99. The van der Waals surface area contributed by atoms with Gasteiger partial charge in [0.25, 0.3) is 0 Å². The fourth-order valence-electron chi connectivity index (χ4n) is 1.56. The van der Waals surface area contributed by atoms with Gasteiger partial charge in [-0.25, -0.2) is 4.68 Å². The molecule has 0 radical (unpaired) electrons. The van der Waals surface area contributed by atoms with Gasteiger partial charge in [0.2, 0.25) is 0 Å². The summed E-state index contributed by atoms with van der Waals surface area (Å²) in [4.78, 5) is 11.8. The molecular weight excluding hydrogens is 212 g/mol. The van der Waals surface area contributed by atoms with E-state index in [0.717, 1.165) is 11.3 Å². The van der Waals surface area contributed by atoms with E-state index in [1.165, 1.54) is 0 Å². The highest BCUT2D eigenvalue weighted by Crippen LogP contribution is 2.09. The number of para-hydroxylation sites is 1. The Morgan fingerprint density at radius 2 is 2.00 bits per heavy atom. The molecule has 0 fully saturated rings. The molecule has 2 aromatic rings. The van der Waals surface area contributed by atoms with Crippen molar-refractivity contribution in [1.82, 2.24) is 9.78 Å². The number of allylic oxidation sites excluding steroid dienone is 1. The van der Waals surface area contributed by atoms with E-state index in [0.29, 0.717) is 12.1 Å². The largest absolute Gasteiger partial charge is 0.292 e. The molecule has 0 atom stereocenters. The van der Waals surface area contributed by atoms with Crippen LogP contribution in [0.4, 0.5) is 0 Å². The third-order valence-corrected chi connectivity index (χ3v) is 2.36. The van der Waals surface area contributed by atoms with Gasteiger partial charge in [-0.15, -0.1) is 0 Å². The van der Waals surface area contributed by atoms with E-state index < -0.39 is 0 Å². The zero-order valence-electron chi connectivity index (χ0n) is 9.76. The van der Waals surface area contributed by atoms with Crippen LogP contribution in [-0.4, -0.2) is 15.6 Å². The summed E-state index contributed by atoms with van der Waals surface area (Å²) in [6, 6.07) is 11.4. The number of carbonyl (C=O) groups is 1. The van der Waals surface area contributed by atoms with Gasteiger partial charge in [0.15, 0.2) is 5.78 Å². The molecule has 0 N–H and O–H groups in total. The van der Waals surface area contributed by atoms with E-state index in [1.54, 1.807) is 16.9 Å². The molecule has 3 heteroatoms. The molecule has 1 aromatic heterocycles. The first-order chi connectivity index (χ1) is 8.16. The molecule has 0 aliphatic rings. The van der Waals surface area contributed by atoms with Gasteiger partial charge >= 0.3 is 0 Å². The average molecular weight is 226 g/mol. The molecule has 1 aromatic carbocycles. The zero-order valence-corrected chi connectivity index (χ0v) is 9.76. The lowest BCUT2D eigenvalue weighted by molar-refractivity contribution is 0.0988. The normalized spacial score (nSPS) is 10.2. The molecule has 0 aliphatic heterocycles. The van der Waals surface area contributed by atoms with Crippen LogP contribution in [0.2, 0.25) is 0 Å². The molecule has 86 valence electrons. The van der Waals surface area contributed by atoms with Gasteiger partial charge in [-0.2, -0.15) is 5.10 Å². The Morgan fingerprint density at radius 1 is 1.29 bits per heavy atom. The number of ketones is 1. The Hall–Kier alpha value is -2.16. The van der Waals surface area contributed by atoms with Crippen molar-refractivity contribution in [1.29, 1.82) is 0 Å². The third kappa shape index (κ3) is 2.69. The molecule has 0 spiro atoms. The minimum absolute atomic E-state index is 0.00665. The number of nitrogens with zero attached hydrogens (tertiary/aromatic N) is 2. The second-order valence-corrected chi connectivity index (χ2v) is 4.04. The predicted octanol–water partition coefficient (Wildman–Crippen LogP) is 3.02. The van der Waals surface area contributed by atoms with E-state index in [4.69, 9.17) is 0 Å². The summed E-state index contributed by atoms with van der Waals surface area (Å²) in [5.41, 5.74) is 2.28. The van der Waals surface area contributed by atoms with Gasteiger partial charge in [0.1, 0.15) is 5.69 Å². The van der Waals surface area contributed by atoms with E-state index in [2.05, 4.69) is 11.7 Å². The minimum Gasteiger partial charge on any atom is -0.292 e. The SMILES string of the molecule is C=C(C)CC(=O)c1ccn(-c2ccccc2)n1. The maximum absolute atomic E-state index is 11.8. The molecule has 0 aliphatic carbocycles. The van der Waals surface area contributed by atoms with Crippen molar-refractivity contribution in [2.24, 2.45) is 0 Å². The highest BCUT2D eigenvalue weighted by Gasteiger charge is 2.09. The van der Waals surface area contributed by atoms with Crippen LogP contribution in [0.15, 0.2) is 54.7 Å². The summed E-state index contributed by atoms with van der Waals surface area (Å²) in [5, 5.41) is 4.26. The first-order valence-corrected chi connectivity index (χ1v) is 5.45. The number of aromatic nitrogens is 2. The van der Waals surface area contributed by atoms with Crippen LogP contribution >= 0.6 is 0 Å². The molecule has 0 saturated carbocycles. The van der Waals surface area contributed by atoms with Crippen LogP contribution in [0.3, 0.4) is 0 Å². The van der Waals surface area contributed by atoms with Crippen LogP contribution < -0.4 is 0 Å². The summed E-state index contributed by atoms with van der Waals surface area (Å²) in [6.45, 7) is 5.57. The van der Waals surface area contributed by atoms with E-state index in [1.807, 2.05) is 37.3 Å². The first kappa shape index (κ1) is 11.3. The Bertz CT molecular complexity index is 540. The second-order valence-electron chi connectivity index (χ2n) is 4.04. The molecule has 0 bridgehead atoms. The summed E-state index contributed by atoms with van der Waals surface area (Å²) < 4.78 is 1.70. The van der Waals surface area contributed by atoms with Gasteiger partial charge in [-0.05, 0) is 25.1 Å². The maximum Gasteiger partial charge on any atom is 0.187 e. The zero-order chi connectivity index (χ0) is 12.3. The Morgan fingerprint density at radius 3 is 2.65 bits per heavy atom. The van der Waals surface area contributed by atoms with E-state index in [-0.39, 0.29) is 5.78 Å². The number of hydrogen-bond donors (Lipinski definition) is 0. The Kier molecular flexibility index (Phi) is 3.19. The molecule has 0 saturated heterocycles. The lowest BCUT2D eigenvalue weighted by Crippen LogP contribution is -2.02. The van der Waals surface area contributed by atoms with E-state index in [9.17, 15) is 4.79 Å².